The Morgan fingerprint density at radius 1 is 1.41 bits per heavy atom. The predicted octanol–water partition coefficient (Wildman–Crippen LogP) is 2.41. The van der Waals surface area contributed by atoms with Gasteiger partial charge >= 0.3 is 0 Å². The maximum Gasteiger partial charge on any atom is 0.230 e. The highest BCUT2D eigenvalue weighted by Crippen LogP contribution is 2.37. The number of amides is 1. The van der Waals surface area contributed by atoms with Crippen molar-refractivity contribution in [2.45, 2.75) is 18.8 Å². The third-order valence-electron chi connectivity index (χ3n) is 3.97. The molecule has 1 amide bonds. The molecule has 0 N–H and O–H groups in total. The normalized spacial score (nSPS) is 26.5. The van der Waals surface area contributed by atoms with Crippen molar-refractivity contribution < 1.29 is 4.79 Å². The molecule has 1 heterocycles. The minimum Gasteiger partial charge on any atom is -0.342 e. The van der Waals surface area contributed by atoms with Gasteiger partial charge in [-0.3, -0.25) is 4.79 Å². The Kier molecular flexibility index (Phi) is 2.83. The van der Waals surface area contributed by atoms with Crippen LogP contribution in [-0.2, 0) is 11.2 Å². The number of nitrogens with zero attached hydrogens (tertiary/aromatic N) is 1. The number of carbonyl (C=O) groups is 1. The van der Waals surface area contributed by atoms with Crippen LogP contribution in [0.3, 0.4) is 0 Å². The van der Waals surface area contributed by atoms with Crippen LogP contribution in [0.5, 0.6) is 0 Å². The van der Waals surface area contributed by atoms with Crippen molar-refractivity contribution in [1.82, 2.24) is 4.90 Å². The van der Waals surface area contributed by atoms with Crippen molar-refractivity contribution in [3.05, 3.63) is 35.4 Å². The topological polar surface area (TPSA) is 20.3 Å². The highest BCUT2D eigenvalue weighted by atomic mass is 35.5. The van der Waals surface area contributed by atoms with E-state index >= 15 is 0 Å². The number of benzene rings is 1. The number of carbonyl (C=O) groups excluding carboxylic acids is 1. The van der Waals surface area contributed by atoms with Gasteiger partial charge < -0.3 is 4.90 Å². The van der Waals surface area contributed by atoms with Gasteiger partial charge in [0.15, 0.2) is 0 Å². The quantitative estimate of drug-likeness (QED) is 0.738. The number of hydrogen-bond acceptors (Lipinski definition) is 1. The fraction of sp³-hybridized carbons (Fsp3) is 0.500. The lowest BCUT2D eigenvalue weighted by molar-refractivity contribution is -0.132. The summed E-state index contributed by atoms with van der Waals surface area (Å²) >= 11 is 5.85. The molecular weight excluding hydrogens is 234 g/mol. The molecule has 0 bridgehead atoms. The van der Waals surface area contributed by atoms with E-state index in [1.54, 1.807) is 0 Å². The molecule has 2 nitrogen and oxygen atoms in total. The second-order valence-electron chi connectivity index (χ2n) is 5.05. The number of fused-ring (bicyclic) bond motifs is 1. The summed E-state index contributed by atoms with van der Waals surface area (Å²) in [6.45, 7) is 1.73. The van der Waals surface area contributed by atoms with Crippen molar-refractivity contribution in [3.63, 3.8) is 0 Å². The van der Waals surface area contributed by atoms with Crippen LogP contribution < -0.4 is 0 Å². The summed E-state index contributed by atoms with van der Waals surface area (Å²) in [5.41, 5.74) is 2.56. The Labute approximate surface area is 107 Å². The average Bonchev–Trinajstić information content (AvgIpc) is 2.79. The van der Waals surface area contributed by atoms with Crippen LogP contribution in [0.25, 0.3) is 0 Å². The van der Waals surface area contributed by atoms with E-state index in [0.29, 0.717) is 17.7 Å². The third-order valence-corrected chi connectivity index (χ3v) is 4.40. The number of rotatable bonds is 2. The van der Waals surface area contributed by atoms with Crippen LogP contribution in [0.1, 0.15) is 23.5 Å². The van der Waals surface area contributed by atoms with E-state index < -0.39 is 0 Å². The van der Waals surface area contributed by atoms with E-state index in [4.69, 9.17) is 11.6 Å². The fourth-order valence-electron chi connectivity index (χ4n) is 2.86. The Hall–Kier alpha value is -1.02. The van der Waals surface area contributed by atoms with E-state index in [2.05, 4.69) is 12.1 Å². The summed E-state index contributed by atoms with van der Waals surface area (Å²) in [5, 5.41) is 0. The number of likely N-dealkylation sites (tertiary alicyclic amines) is 1. The van der Waals surface area contributed by atoms with Gasteiger partial charge in [-0.25, -0.2) is 0 Å². The van der Waals surface area contributed by atoms with E-state index in [1.807, 2.05) is 17.0 Å². The molecule has 0 radical (unpaired) electrons. The number of halogens is 1. The zero-order valence-electron chi connectivity index (χ0n) is 9.73. The molecule has 2 unspecified atom stereocenters. The van der Waals surface area contributed by atoms with Gasteiger partial charge in [-0.05, 0) is 29.9 Å². The predicted molar refractivity (Wildman–Crippen MR) is 68.3 cm³/mol. The highest BCUT2D eigenvalue weighted by Gasteiger charge is 2.36. The standard InChI is InChI=1S/C14H16ClNO/c15-8-10-5-6-16(9-10)14(17)13-7-11-3-1-2-4-12(11)13/h1-4,10,13H,5-9H2. The summed E-state index contributed by atoms with van der Waals surface area (Å²) < 4.78 is 0. The molecule has 1 aromatic rings. The third kappa shape index (κ3) is 1.85. The first-order chi connectivity index (χ1) is 8.29. The van der Waals surface area contributed by atoms with E-state index in [-0.39, 0.29) is 5.92 Å². The molecule has 1 saturated heterocycles. The van der Waals surface area contributed by atoms with Gasteiger partial charge in [0.05, 0.1) is 5.92 Å². The average molecular weight is 250 g/mol. The van der Waals surface area contributed by atoms with Gasteiger partial charge in [-0.15, -0.1) is 11.6 Å². The molecule has 1 aliphatic carbocycles. The number of alkyl halides is 1. The molecule has 3 heteroatoms. The Morgan fingerprint density at radius 3 is 2.94 bits per heavy atom. The smallest absolute Gasteiger partial charge is 0.230 e. The van der Waals surface area contributed by atoms with Crippen LogP contribution in [0.4, 0.5) is 0 Å². The van der Waals surface area contributed by atoms with Gasteiger partial charge in [-0.1, -0.05) is 24.3 Å². The molecule has 17 heavy (non-hydrogen) atoms. The SMILES string of the molecule is O=C(C1Cc2ccccc21)N1CCC(CCl)C1. The van der Waals surface area contributed by atoms with Crippen LogP contribution in [0.15, 0.2) is 24.3 Å². The van der Waals surface area contributed by atoms with Gasteiger partial charge in [0, 0.05) is 19.0 Å². The van der Waals surface area contributed by atoms with Crippen molar-refractivity contribution >= 4 is 17.5 Å². The molecular formula is C14H16ClNO. The minimum atomic E-state index is 0.111. The lowest BCUT2D eigenvalue weighted by Crippen LogP contribution is -2.38. The zero-order chi connectivity index (χ0) is 11.8. The first-order valence-electron chi connectivity index (χ1n) is 6.22. The maximum atomic E-state index is 12.3. The molecule has 90 valence electrons. The fourth-order valence-corrected chi connectivity index (χ4v) is 3.11. The molecule has 0 saturated carbocycles. The van der Waals surface area contributed by atoms with Crippen LogP contribution in [0, 0.1) is 5.92 Å². The van der Waals surface area contributed by atoms with Gasteiger partial charge in [0.2, 0.25) is 5.91 Å². The van der Waals surface area contributed by atoms with E-state index in [0.717, 1.165) is 25.9 Å². The zero-order valence-corrected chi connectivity index (χ0v) is 10.5. The molecule has 2 atom stereocenters. The van der Waals surface area contributed by atoms with Gasteiger partial charge in [0.25, 0.3) is 0 Å². The van der Waals surface area contributed by atoms with Crippen molar-refractivity contribution in [3.8, 4) is 0 Å². The van der Waals surface area contributed by atoms with Crippen LogP contribution in [0.2, 0.25) is 0 Å². The van der Waals surface area contributed by atoms with Crippen molar-refractivity contribution in [2.24, 2.45) is 5.92 Å². The molecule has 2 aliphatic rings. The lowest BCUT2D eigenvalue weighted by Gasteiger charge is -2.32. The molecule has 1 aromatic carbocycles. The second-order valence-corrected chi connectivity index (χ2v) is 5.36. The molecule has 3 rings (SSSR count). The van der Waals surface area contributed by atoms with Crippen molar-refractivity contribution in [1.29, 1.82) is 0 Å². The molecule has 1 fully saturated rings. The van der Waals surface area contributed by atoms with E-state index in [1.165, 1.54) is 11.1 Å². The Balaban J connectivity index is 1.70. The van der Waals surface area contributed by atoms with Crippen LogP contribution in [-0.4, -0.2) is 29.8 Å². The van der Waals surface area contributed by atoms with E-state index in [9.17, 15) is 4.79 Å². The Morgan fingerprint density at radius 2 is 2.24 bits per heavy atom. The Bertz CT molecular complexity index is 446. The van der Waals surface area contributed by atoms with Gasteiger partial charge in [-0.2, -0.15) is 0 Å². The molecule has 0 spiro atoms. The molecule has 0 aromatic heterocycles. The maximum absolute atomic E-state index is 12.3. The summed E-state index contributed by atoms with van der Waals surface area (Å²) in [6.07, 6.45) is 1.97. The van der Waals surface area contributed by atoms with Crippen molar-refractivity contribution in [2.75, 3.05) is 19.0 Å². The molecule has 1 aliphatic heterocycles. The first kappa shape index (κ1) is 11.1. The van der Waals surface area contributed by atoms with Crippen LogP contribution >= 0.6 is 11.6 Å². The second kappa shape index (κ2) is 4.34. The lowest BCUT2D eigenvalue weighted by atomic mass is 9.77. The largest absolute Gasteiger partial charge is 0.342 e. The summed E-state index contributed by atoms with van der Waals surface area (Å²) in [6, 6.07) is 8.25. The van der Waals surface area contributed by atoms with Gasteiger partial charge in [0.1, 0.15) is 0 Å². The summed E-state index contributed by atoms with van der Waals surface area (Å²) in [5.74, 6) is 1.58. The monoisotopic (exact) mass is 249 g/mol. The highest BCUT2D eigenvalue weighted by molar-refractivity contribution is 6.18. The summed E-state index contributed by atoms with van der Waals surface area (Å²) in [7, 11) is 0. The minimum absolute atomic E-state index is 0.111. The summed E-state index contributed by atoms with van der Waals surface area (Å²) in [4.78, 5) is 14.3. The first-order valence-corrected chi connectivity index (χ1v) is 6.75. The number of hydrogen-bond donors (Lipinski definition) is 0.